The molecule has 1 amide bonds. The topological polar surface area (TPSA) is 77.0 Å². The van der Waals surface area contributed by atoms with Crippen LogP contribution >= 0.6 is 11.6 Å². The molecule has 1 aromatic heterocycles. The lowest BCUT2D eigenvalue weighted by Crippen LogP contribution is -2.40. The number of rotatable bonds is 4. The van der Waals surface area contributed by atoms with Crippen molar-refractivity contribution in [2.24, 2.45) is 11.7 Å². The van der Waals surface area contributed by atoms with E-state index in [1.807, 2.05) is 29.2 Å². The van der Waals surface area contributed by atoms with Gasteiger partial charge in [0.1, 0.15) is 5.82 Å². The summed E-state index contributed by atoms with van der Waals surface area (Å²) in [4.78, 5) is 19.3. The van der Waals surface area contributed by atoms with E-state index < -0.39 is 0 Å². The second-order valence-electron chi connectivity index (χ2n) is 6.90. The van der Waals surface area contributed by atoms with Crippen LogP contribution in [0.5, 0.6) is 0 Å². The third kappa shape index (κ3) is 3.28. The van der Waals surface area contributed by atoms with Gasteiger partial charge in [0.05, 0.1) is 10.7 Å². The van der Waals surface area contributed by atoms with E-state index in [0.717, 1.165) is 50.3 Å². The lowest BCUT2D eigenvalue weighted by molar-refractivity contribution is 0.0681. The molecule has 6 nitrogen and oxygen atoms in total. The summed E-state index contributed by atoms with van der Waals surface area (Å²) in [5, 5.41) is 5.13. The number of nitrogens with zero attached hydrogens (tertiary/aromatic N) is 4. The highest BCUT2D eigenvalue weighted by Gasteiger charge is 2.33. The summed E-state index contributed by atoms with van der Waals surface area (Å²) < 4.78 is 1.75. The Morgan fingerprint density at radius 3 is 2.56 bits per heavy atom. The first-order valence-electron chi connectivity index (χ1n) is 8.88. The molecule has 4 rings (SSSR count). The molecule has 2 N–H and O–H groups in total. The zero-order valence-corrected chi connectivity index (χ0v) is 14.8. The first-order chi connectivity index (χ1) is 12.2. The molecule has 7 heteroatoms. The third-order valence-corrected chi connectivity index (χ3v) is 5.40. The van der Waals surface area contributed by atoms with Crippen LogP contribution in [0.4, 0.5) is 0 Å². The van der Waals surface area contributed by atoms with E-state index in [1.165, 1.54) is 0 Å². The van der Waals surface area contributed by atoms with Gasteiger partial charge in [-0.3, -0.25) is 4.79 Å². The second-order valence-corrected chi connectivity index (χ2v) is 7.31. The van der Waals surface area contributed by atoms with E-state index >= 15 is 0 Å². The number of hydrogen-bond donors (Lipinski definition) is 1. The monoisotopic (exact) mass is 359 g/mol. The van der Waals surface area contributed by atoms with Crippen molar-refractivity contribution in [3.63, 3.8) is 0 Å². The highest BCUT2D eigenvalue weighted by Crippen LogP contribution is 2.40. The van der Waals surface area contributed by atoms with Gasteiger partial charge in [-0.05, 0) is 50.3 Å². The van der Waals surface area contributed by atoms with Crippen molar-refractivity contribution in [2.75, 3.05) is 19.6 Å². The molecule has 2 fully saturated rings. The summed E-state index contributed by atoms with van der Waals surface area (Å²) in [6.07, 6.45) is 4.06. The Morgan fingerprint density at radius 2 is 1.92 bits per heavy atom. The largest absolute Gasteiger partial charge is 0.336 e. The Hall–Kier alpha value is -1.92. The minimum absolute atomic E-state index is 0.0943. The highest BCUT2D eigenvalue weighted by atomic mass is 35.5. The Labute approximate surface area is 152 Å². The molecule has 0 atom stereocenters. The molecule has 0 radical (unpaired) electrons. The molecule has 2 heterocycles. The molecule has 2 aliphatic rings. The van der Waals surface area contributed by atoms with Crippen LogP contribution in [-0.4, -0.2) is 45.2 Å². The Morgan fingerprint density at radius 1 is 1.20 bits per heavy atom. The molecule has 1 aliphatic carbocycles. The number of hydrogen-bond acceptors (Lipinski definition) is 4. The fraction of sp³-hybridized carbons (Fsp3) is 0.500. The number of halogens is 1. The summed E-state index contributed by atoms with van der Waals surface area (Å²) in [5.74, 6) is 1.90. The second kappa shape index (κ2) is 6.77. The fourth-order valence-electron chi connectivity index (χ4n) is 3.33. The van der Waals surface area contributed by atoms with Crippen molar-refractivity contribution in [1.82, 2.24) is 19.7 Å². The van der Waals surface area contributed by atoms with Crippen LogP contribution < -0.4 is 5.73 Å². The molecular formula is C18H22ClN5O. The molecule has 0 bridgehead atoms. The third-order valence-electron chi connectivity index (χ3n) is 5.08. The van der Waals surface area contributed by atoms with Crippen molar-refractivity contribution >= 4 is 17.5 Å². The number of para-hydroxylation sites is 1. The zero-order chi connectivity index (χ0) is 17.4. The smallest absolute Gasteiger partial charge is 0.293 e. The van der Waals surface area contributed by atoms with Gasteiger partial charge in [0.2, 0.25) is 5.82 Å². The summed E-state index contributed by atoms with van der Waals surface area (Å²) in [6.45, 7) is 2.13. The molecule has 2 aromatic rings. The van der Waals surface area contributed by atoms with Gasteiger partial charge >= 0.3 is 0 Å². The fourth-order valence-corrected chi connectivity index (χ4v) is 3.55. The highest BCUT2D eigenvalue weighted by molar-refractivity contribution is 6.32. The van der Waals surface area contributed by atoms with Crippen molar-refractivity contribution < 1.29 is 4.79 Å². The normalized spacial score (nSPS) is 18.6. The zero-order valence-electron chi connectivity index (χ0n) is 14.1. The predicted molar refractivity (Wildman–Crippen MR) is 96.0 cm³/mol. The maximum atomic E-state index is 12.8. The van der Waals surface area contributed by atoms with Crippen LogP contribution in [0.3, 0.4) is 0 Å². The number of aromatic nitrogens is 3. The quantitative estimate of drug-likeness (QED) is 0.910. The number of amides is 1. The van der Waals surface area contributed by atoms with Gasteiger partial charge in [0.15, 0.2) is 0 Å². The van der Waals surface area contributed by atoms with Crippen molar-refractivity contribution in [3.8, 4) is 5.69 Å². The van der Waals surface area contributed by atoms with Gasteiger partial charge in [-0.2, -0.15) is 0 Å². The lowest BCUT2D eigenvalue weighted by atomic mass is 9.97. The van der Waals surface area contributed by atoms with E-state index in [2.05, 4.69) is 10.1 Å². The van der Waals surface area contributed by atoms with Gasteiger partial charge in [-0.25, -0.2) is 9.67 Å². The average Bonchev–Trinajstić information content (AvgIpc) is 3.40. The van der Waals surface area contributed by atoms with Gasteiger partial charge in [-0.15, -0.1) is 5.10 Å². The van der Waals surface area contributed by atoms with Crippen LogP contribution in [0, 0.1) is 5.92 Å². The number of piperidine rings is 1. The van der Waals surface area contributed by atoms with Gasteiger partial charge < -0.3 is 10.6 Å². The first-order valence-corrected chi connectivity index (χ1v) is 9.26. The SMILES string of the molecule is NCC1CCN(C(=O)c2nc(C3CC3)n(-c3ccccc3Cl)n2)CC1. The number of nitrogens with two attached hydrogens (primary N) is 1. The number of benzene rings is 1. The molecule has 1 saturated heterocycles. The van der Waals surface area contributed by atoms with Crippen molar-refractivity contribution in [1.29, 1.82) is 0 Å². The summed E-state index contributed by atoms with van der Waals surface area (Å²) in [5.41, 5.74) is 6.51. The van der Waals surface area contributed by atoms with Crippen LogP contribution in [0.25, 0.3) is 5.69 Å². The van der Waals surface area contributed by atoms with Gasteiger partial charge in [0, 0.05) is 19.0 Å². The standard InChI is InChI=1S/C18H22ClN5O/c19-14-3-1-2-4-15(14)24-17(13-5-6-13)21-16(22-24)18(25)23-9-7-12(11-20)8-10-23/h1-4,12-13H,5-11,20H2. The van der Waals surface area contributed by atoms with E-state index in [0.29, 0.717) is 23.4 Å². The molecule has 132 valence electrons. The molecule has 0 spiro atoms. The van der Waals surface area contributed by atoms with Crippen molar-refractivity contribution in [3.05, 3.63) is 40.9 Å². The maximum Gasteiger partial charge on any atom is 0.293 e. The first kappa shape index (κ1) is 16.5. The summed E-state index contributed by atoms with van der Waals surface area (Å²) >= 11 is 6.33. The van der Waals surface area contributed by atoms with E-state index in [9.17, 15) is 4.79 Å². The van der Waals surface area contributed by atoms with E-state index in [-0.39, 0.29) is 11.7 Å². The molecule has 25 heavy (non-hydrogen) atoms. The molecule has 0 unspecified atom stereocenters. The number of carbonyl (C=O) groups is 1. The van der Waals surface area contributed by atoms with Crippen LogP contribution in [0.15, 0.2) is 24.3 Å². The molecular weight excluding hydrogens is 338 g/mol. The Balaban J connectivity index is 1.62. The average molecular weight is 360 g/mol. The predicted octanol–water partition coefficient (Wildman–Crippen LogP) is 2.61. The summed E-state index contributed by atoms with van der Waals surface area (Å²) in [6, 6.07) is 7.53. The molecule has 1 saturated carbocycles. The van der Waals surface area contributed by atoms with Crippen molar-refractivity contribution in [2.45, 2.75) is 31.6 Å². The van der Waals surface area contributed by atoms with Crippen LogP contribution in [-0.2, 0) is 0 Å². The molecule has 1 aliphatic heterocycles. The van der Waals surface area contributed by atoms with Gasteiger partial charge in [0.25, 0.3) is 5.91 Å². The van der Waals surface area contributed by atoms with Gasteiger partial charge in [-0.1, -0.05) is 23.7 Å². The minimum atomic E-state index is -0.0943. The van der Waals surface area contributed by atoms with Crippen LogP contribution in [0.1, 0.15) is 48.0 Å². The lowest BCUT2D eigenvalue weighted by Gasteiger charge is -2.30. The van der Waals surface area contributed by atoms with Crippen LogP contribution in [0.2, 0.25) is 5.02 Å². The number of likely N-dealkylation sites (tertiary alicyclic amines) is 1. The Kier molecular flexibility index (Phi) is 4.48. The van der Waals surface area contributed by atoms with E-state index in [4.69, 9.17) is 17.3 Å². The molecule has 1 aromatic carbocycles. The van der Waals surface area contributed by atoms with E-state index in [1.54, 1.807) is 4.68 Å². The minimum Gasteiger partial charge on any atom is -0.336 e. The Bertz CT molecular complexity index is 778. The number of carbonyl (C=O) groups excluding carboxylic acids is 1. The maximum absolute atomic E-state index is 12.8. The summed E-state index contributed by atoms with van der Waals surface area (Å²) in [7, 11) is 0.